The minimum absolute atomic E-state index is 0.592. The largest absolute Gasteiger partial charge is 0.145 e. The van der Waals surface area contributed by atoms with E-state index in [0.29, 0.717) is 14.9 Å². The van der Waals surface area contributed by atoms with E-state index >= 15 is 0 Å². The van der Waals surface area contributed by atoms with Crippen LogP contribution in [0.15, 0.2) is 8.42 Å². The van der Waals surface area contributed by atoms with Crippen LogP contribution in [0.5, 0.6) is 0 Å². The van der Waals surface area contributed by atoms with Crippen LogP contribution in [0.25, 0.3) is 0 Å². The summed E-state index contributed by atoms with van der Waals surface area (Å²) in [6, 6.07) is 0. The Morgan fingerprint density at radius 2 is 1.80 bits per heavy atom. The van der Waals surface area contributed by atoms with E-state index in [0.717, 1.165) is 8.39 Å². The van der Waals surface area contributed by atoms with Gasteiger partial charge in [0.05, 0.1) is 8.42 Å². The minimum atomic E-state index is 0.592. The van der Waals surface area contributed by atoms with Gasteiger partial charge in [-0.3, -0.25) is 0 Å². The molecule has 1 aromatic heterocycles. The van der Waals surface area contributed by atoms with Crippen LogP contribution in [-0.2, 0) is 0 Å². The molecule has 2 aliphatic rings. The van der Waals surface area contributed by atoms with Gasteiger partial charge in [-0.05, 0) is 6.42 Å². The summed E-state index contributed by atoms with van der Waals surface area (Å²) in [5.74, 6) is 0. The topological polar surface area (TPSA) is 0 Å². The van der Waals surface area contributed by atoms with Crippen LogP contribution in [0, 0.1) is 3.14 Å². The number of hydrogen-bond donors (Lipinski definition) is 0. The monoisotopic (exact) mass is 420 g/mol. The van der Waals surface area contributed by atoms with E-state index in [4.69, 9.17) is 12.2 Å². The molecule has 0 N–H and O–H groups in total. The molecule has 82 valence electrons. The van der Waals surface area contributed by atoms with Crippen molar-refractivity contribution in [2.45, 2.75) is 35.0 Å². The highest BCUT2D eigenvalue weighted by atomic mass is 79.9. The molecule has 0 bridgehead atoms. The van der Waals surface area contributed by atoms with Crippen LogP contribution in [-0.4, -0.2) is 20.2 Å². The zero-order valence-corrected chi connectivity index (χ0v) is 14.6. The molecule has 7 heteroatoms. The van der Waals surface area contributed by atoms with Gasteiger partial charge < -0.3 is 0 Å². The number of hydrogen-bond acceptors (Lipinski definition) is 5. The van der Waals surface area contributed by atoms with E-state index < -0.39 is 0 Å². The molecule has 15 heavy (non-hydrogen) atoms. The zero-order valence-electron chi connectivity index (χ0n) is 7.31. The van der Waals surface area contributed by atoms with Gasteiger partial charge >= 0.3 is 0 Å². The summed E-state index contributed by atoms with van der Waals surface area (Å²) < 4.78 is 3.97. The predicted octanol–water partition coefficient (Wildman–Crippen LogP) is 5.40. The summed E-state index contributed by atoms with van der Waals surface area (Å²) in [6.07, 6.45) is 1.26. The number of thioether (sulfide) groups is 2. The SMILES string of the molecule is S=c1sc2c(s1)SC1C(CC(Br)C1Br)S2. The maximum atomic E-state index is 5.25. The number of rotatable bonds is 0. The van der Waals surface area contributed by atoms with Gasteiger partial charge in [0.15, 0.2) is 0 Å². The summed E-state index contributed by atoms with van der Waals surface area (Å²) in [5, 5.41) is 1.45. The molecule has 1 saturated carbocycles. The van der Waals surface area contributed by atoms with E-state index in [2.05, 4.69) is 31.9 Å². The maximum Gasteiger partial charge on any atom is 0.145 e. The number of fused-ring (bicyclic) bond motifs is 2. The number of alkyl halides is 2. The standard InChI is InChI=1S/C8H6Br2S5/c9-2-1-3-5(4(2)10)13-7-6(12-3)14-8(11)15-7/h2-5H,1H2. The summed E-state index contributed by atoms with van der Waals surface area (Å²) in [5.41, 5.74) is 0. The van der Waals surface area contributed by atoms with Gasteiger partial charge in [0.1, 0.15) is 3.14 Å². The first-order valence-electron chi connectivity index (χ1n) is 4.40. The van der Waals surface area contributed by atoms with Crippen LogP contribution >= 0.6 is 90.3 Å². The normalized spacial score (nSPS) is 38.8. The Labute approximate surface area is 127 Å². The first-order chi connectivity index (χ1) is 7.15. The summed E-state index contributed by atoms with van der Waals surface area (Å²) in [4.78, 5) is 1.21. The van der Waals surface area contributed by atoms with Crippen molar-refractivity contribution in [3.8, 4) is 0 Å². The highest BCUT2D eigenvalue weighted by Crippen LogP contribution is 2.57. The fourth-order valence-corrected chi connectivity index (χ4v) is 11.3. The van der Waals surface area contributed by atoms with Crippen molar-refractivity contribution in [3.63, 3.8) is 0 Å². The first kappa shape index (κ1) is 12.0. The zero-order chi connectivity index (χ0) is 10.6. The molecule has 1 fully saturated rings. The molecule has 1 aliphatic heterocycles. The summed E-state index contributed by atoms with van der Waals surface area (Å²) in [6.45, 7) is 0. The highest BCUT2D eigenvalue weighted by Gasteiger charge is 2.45. The highest BCUT2D eigenvalue weighted by molar-refractivity contribution is 9.12. The summed E-state index contributed by atoms with van der Waals surface area (Å²) >= 11 is 20.4. The van der Waals surface area contributed by atoms with E-state index in [9.17, 15) is 0 Å². The van der Waals surface area contributed by atoms with Crippen LogP contribution in [0.2, 0.25) is 0 Å². The maximum absolute atomic E-state index is 5.25. The van der Waals surface area contributed by atoms with E-state index in [1.54, 1.807) is 22.7 Å². The lowest BCUT2D eigenvalue weighted by molar-refractivity contribution is 0.922. The van der Waals surface area contributed by atoms with Crippen molar-refractivity contribution < 1.29 is 0 Å². The van der Waals surface area contributed by atoms with Crippen molar-refractivity contribution in [1.82, 2.24) is 0 Å². The van der Waals surface area contributed by atoms with Crippen molar-refractivity contribution in [1.29, 1.82) is 0 Å². The Balaban J connectivity index is 1.95. The molecule has 1 aromatic rings. The van der Waals surface area contributed by atoms with Gasteiger partial charge in [0.25, 0.3) is 0 Å². The second kappa shape index (κ2) is 4.55. The Kier molecular flexibility index (Phi) is 3.64. The van der Waals surface area contributed by atoms with E-state index in [1.807, 2.05) is 23.5 Å². The molecule has 1 aliphatic carbocycles. The minimum Gasteiger partial charge on any atom is -0.109 e. The van der Waals surface area contributed by atoms with Crippen molar-refractivity contribution in [3.05, 3.63) is 3.14 Å². The molecule has 0 saturated heterocycles. The van der Waals surface area contributed by atoms with Gasteiger partial charge in [-0.2, -0.15) is 0 Å². The van der Waals surface area contributed by atoms with Gasteiger partial charge in [0.2, 0.25) is 0 Å². The van der Waals surface area contributed by atoms with Crippen LogP contribution in [0.3, 0.4) is 0 Å². The van der Waals surface area contributed by atoms with Gasteiger partial charge in [0, 0.05) is 20.2 Å². The molecule has 0 spiro atoms. The molecule has 4 unspecified atom stereocenters. The third-order valence-corrected chi connectivity index (χ3v) is 12.1. The molecule has 0 aromatic carbocycles. The van der Waals surface area contributed by atoms with Crippen molar-refractivity contribution >= 4 is 90.3 Å². The second-order valence-corrected chi connectivity index (χ2v) is 11.9. The first-order valence-corrected chi connectivity index (χ1v) is 10.0. The molecular formula is C8H6Br2S5. The Bertz CT molecular complexity index is 438. The number of halogens is 2. The van der Waals surface area contributed by atoms with Gasteiger partial charge in [-0.25, -0.2) is 0 Å². The molecule has 0 radical (unpaired) electrons. The Morgan fingerprint density at radius 3 is 2.53 bits per heavy atom. The average Bonchev–Trinajstić information content (AvgIpc) is 2.65. The Hall–Kier alpha value is 1.93. The van der Waals surface area contributed by atoms with Crippen LogP contribution < -0.4 is 0 Å². The molecule has 4 atom stereocenters. The van der Waals surface area contributed by atoms with Gasteiger partial charge in [-0.1, -0.05) is 44.1 Å². The lowest BCUT2D eigenvalue weighted by Gasteiger charge is -2.24. The van der Waals surface area contributed by atoms with E-state index in [1.165, 1.54) is 14.8 Å². The van der Waals surface area contributed by atoms with Crippen LogP contribution in [0.1, 0.15) is 6.42 Å². The van der Waals surface area contributed by atoms with Crippen molar-refractivity contribution in [2.75, 3.05) is 0 Å². The molecule has 2 heterocycles. The molecular weight excluding hydrogens is 416 g/mol. The molecule has 0 nitrogen and oxygen atoms in total. The molecule has 0 amide bonds. The molecule has 3 rings (SSSR count). The van der Waals surface area contributed by atoms with Crippen LogP contribution in [0.4, 0.5) is 0 Å². The Morgan fingerprint density at radius 1 is 1.13 bits per heavy atom. The second-order valence-electron chi connectivity index (χ2n) is 3.46. The fourth-order valence-electron chi connectivity index (χ4n) is 1.81. The summed E-state index contributed by atoms with van der Waals surface area (Å²) in [7, 11) is 0. The average molecular weight is 422 g/mol. The lowest BCUT2D eigenvalue weighted by atomic mass is 10.4. The third kappa shape index (κ3) is 2.15. The van der Waals surface area contributed by atoms with Crippen molar-refractivity contribution in [2.24, 2.45) is 0 Å². The van der Waals surface area contributed by atoms with E-state index in [-0.39, 0.29) is 0 Å². The predicted molar refractivity (Wildman–Crippen MR) is 82.4 cm³/mol. The fraction of sp³-hybridized carbons (Fsp3) is 0.625. The van der Waals surface area contributed by atoms with Gasteiger partial charge in [-0.15, -0.1) is 46.2 Å². The quantitative estimate of drug-likeness (QED) is 0.406. The third-order valence-electron chi connectivity index (χ3n) is 2.50. The lowest BCUT2D eigenvalue weighted by Crippen LogP contribution is -2.23. The smallest absolute Gasteiger partial charge is 0.109 e.